The number of likely N-dealkylation sites (tertiary alicyclic amines) is 1. The number of hydrogen-bond acceptors (Lipinski definition) is 5. The first kappa shape index (κ1) is 22.8. The topological polar surface area (TPSA) is 87.7 Å². The van der Waals surface area contributed by atoms with Gasteiger partial charge in [-0.05, 0) is 54.8 Å². The molecule has 3 amide bonds. The van der Waals surface area contributed by atoms with Gasteiger partial charge in [-0.1, -0.05) is 19.1 Å². The number of piperidine rings is 1. The summed E-state index contributed by atoms with van der Waals surface area (Å²) >= 11 is 1.35. The highest BCUT2D eigenvalue weighted by atomic mass is 32.1. The van der Waals surface area contributed by atoms with E-state index in [1.807, 2.05) is 18.4 Å². The minimum atomic E-state index is -0.616. The van der Waals surface area contributed by atoms with Crippen molar-refractivity contribution in [1.82, 2.24) is 15.5 Å². The maximum absolute atomic E-state index is 12.9. The molecule has 1 aromatic carbocycles. The average Bonchev–Trinajstić information content (AvgIpc) is 3.36. The molecule has 2 N–H and O–H groups in total. The van der Waals surface area contributed by atoms with Crippen molar-refractivity contribution in [2.45, 2.75) is 32.2 Å². The summed E-state index contributed by atoms with van der Waals surface area (Å²) < 4.78 is 5.21. The van der Waals surface area contributed by atoms with E-state index in [2.05, 4.69) is 10.6 Å². The molecule has 1 saturated heterocycles. The number of carbonyl (C=O) groups is 3. The fourth-order valence-electron chi connectivity index (χ4n) is 3.75. The first-order valence-electron chi connectivity index (χ1n) is 10.6. The summed E-state index contributed by atoms with van der Waals surface area (Å²) in [5.74, 6) is 0.164. The third-order valence-electron chi connectivity index (χ3n) is 5.48. The number of benzene rings is 1. The third kappa shape index (κ3) is 5.85. The Morgan fingerprint density at radius 3 is 2.61 bits per heavy atom. The van der Waals surface area contributed by atoms with Gasteiger partial charge in [0, 0.05) is 25.2 Å². The predicted octanol–water partition coefficient (Wildman–Crippen LogP) is 2.93. The molecule has 0 saturated carbocycles. The average molecular weight is 444 g/mol. The normalized spacial score (nSPS) is 15.2. The first-order chi connectivity index (χ1) is 15.0. The van der Waals surface area contributed by atoms with E-state index in [1.54, 1.807) is 42.3 Å². The van der Waals surface area contributed by atoms with Gasteiger partial charge >= 0.3 is 0 Å². The molecule has 3 rings (SSSR count). The first-order valence-corrected chi connectivity index (χ1v) is 11.5. The van der Waals surface area contributed by atoms with E-state index in [0.29, 0.717) is 48.7 Å². The van der Waals surface area contributed by atoms with Crippen molar-refractivity contribution in [3.05, 3.63) is 52.2 Å². The number of carbonyl (C=O) groups excluding carboxylic acids is 3. The van der Waals surface area contributed by atoms with Crippen molar-refractivity contribution in [3.63, 3.8) is 0 Å². The Labute approximate surface area is 186 Å². The number of rotatable bonds is 8. The molecule has 0 bridgehead atoms. The lowest BCUT2D eigenvalue weighted by Crippen LogP contribution is -2.53. The lowest BCUT2D eigenvalue weighted by molar-refractivity contribution is -0.124. The summed E-state index contributed by atoms with van der Waals surface area (Å²) in [5, 5.41) is 7.67. The highest BCUT2D eigenvalue weighted by molar-refractivity contribution is 7.12. The van der Waals surface area contributed by atoms with E-state index >= 15 is 0 Å². The van der Waals surface area contributed by atoms with Gasteiger partial charge in [0.25, 0.3) is 11.8 Å². The number of methoxy groups -OCH3 is 1. The second-order valence-corrected chi connectivity index (χ2v) is 8.53. The van der Waals surface area contributed by atoms with Crippen LogP contribution in [0.3, 0.4) is 0 Å². The molecule has 166 valence electrons. The standard InChI is InChI=1S/C23H29N3O4S/c1-3-11-24-22(28)20(25-21(27)19-8-5-14-31-19)16-9-12-26(13-10-16)23(29)17-6-4-7-18(15-17)30-2/h4-8,14-16,20H,3,9-13H2,1-2H3,(H,24,28)(H,25,27). The fourth-order valence-corrected chi connectivity index (χ4v) is 4.38. The van der Waals surface area contributed by atoms with Gasteiger partial charge in [0.2, 0.25) is 5.91 Å². The molecule has 7 nitrogen and oxygen atoms in total. The zero-order chi connectivity index (χ0) is 22.2. The highest BCUT2D eigenvalue weighted by Crippen LogP contribution is 2.24. The smallest absolute Gasteiger partial charge is 0.262 e. The molecule has 1 aliphatic rings. The third-order valence-corrected chi connectivity index (χ3v) is 6.35. The van der Waals surface area contributed by atoms with Crippen LogP contribution in [0.25, 0.3) is 0 Å². The number of hydrogen-bond donors (Lipinski definition) is 2. The van der Waals surface area contributed by atoms with E-state index < -0.39 is 6.04 Å². The van der Waals surface area contributed by atoms with Crippen LogP contribution in [0.1, 0.15) is 46.2 Å². The molecular weight excluding hydrogens is 414 g/mol. The summed E-state index contributed by atoms with van der Waals surface area (Å²) in [5.41, 5.74) is 0.584. The van der Waals surface area contributed by atoms with Crippen LogP contribution in [0.4, 0.5) is 0 Å². The predicted molar refractivity (Wildman–Crippen MR) is 120 cm³/mol. The lowest BCUT2D eigenvalue weighted by atomic mass is 9.88. The summed E-state index contributed by atoms with van der Waals surface area (Å²) in [6.45, 7) is 3.62. The summed E-state index contributed by atoms with van der Waals surface area (Å²) in [6.07, 6.45) is 2.11. The molecule has 1 aromatic heterocycles. The van der Waals surface area contributed by atoms with Crippen LogP contribution in [0.5, 0.6) is 5.75 Å². The van der Waals surface area contributed by atoms with Crippen LogP contribution >= 0.6 is 11.3 Å². The summed E-state index contributed by atoms with van der Waals surface area (Å²) in [4.78, 5) is 40.7. The van der Waals surface area contributed by atoms with Gasteiger partial charge < -0.3 is 20.3 Å². The van der Waals surface area contributed by atoms with Gasteiger partial charge in [0.1, 0.15) is 11.8 Å². The minimum absolute atomic E-state index is 0.0323. The summed E-state index contributed by atoms with van der Waals surface area (Å²) in [6, 6.07) is 10.1. The molecule has 8 heteroatoms. The van der Waals surface area contributed by atoms with Crippen LogP contribution < -0.4 is 15.4 Å². The van der Waals surface area contributed by atoms with E-state index in [0.717, 1.165) is 6.42 Å². The minimum Gasteiger partial charge on any atom is -0.497 e. The van der Waals surface area contributed by atoms with Crippen LogP contribution in [-0.2, 0) is 4.79 Å². The van der Waals surface area contributed by atoms with Gasteiger partial charge in [-0.25, -0.2) is 0 Å². The zero-order valence-corrected chi connectivity index (χ0v) is 18.7. The number of nitrogens with one attached hydrogen (secondary N) is 2. The Hall–Kier alpha value is -2.87. The molecule has 0 radical (unpaired) electrons. The van der Waals surface area contributed by atoms with E-state index in [1.165, 1.54) is 11.3 Å². The van der Waals surface area contributed by atoms with Crippen molar-refractivity contribution in [2.24, 2.45) is 5.92 Å². The van der Waals surface area contributed by atoms with Crippen molar-refractivity contribution in [2.75, 3.05) is 26.7 Å². The van der Waals surface area contributed by atoms with E-state index in [4.69, 9.17) is 4.74 Å². The van der Waals surface area contributed by atoms with Crippen LogP contribution in [0, 0.1) is 5.92 Å². The number of nitrogens with zero attached hydrogens (tertiary/aromatic N) is 1. The quantitative estimate of drug-likeness (QED) is 0.657. The number of thiophene rings is 1. The molecule has 2 aromatic rings. The SMILES string of the molecule is CCCNC(=O)C(NC(=O)c1cccs1)C1CCN(C(=O)c2cccc(OC)c2)CC1. The second kappa shape index (κ2) is 10.9. The van der Waals surface area contributed by atoms with Crippen molar-refractivity contribution in [3.8, 4) is 5.75 Å². The fraction of sp³-hybridized carbons (Fsp3) is 0.435. The van der Waals surface area contributed by atoms with E-state index in [-0.39, 0.29) is 23.6 Å². The van der Waals surface area contributed by atoms with Crippen LogP contribution in [0.15, 0.2) is 41.8 Å². The maximum Gasteiger partial charge on any atom is 0.262 e. The van der Waals surface area contributed by atoms with Crippen molar-refractivity contribution >= 4 is 29.1 Å². The molecule has 1 atom stereocenters. The highest BCUT2D eigenvalue weighted by Gasteiger charge is 2.34. The van der Waals surface area contributed by atoms with Crippen LogP contribution in [0.2, 0.25) is 0 Å². The maximum atomic E-state index is 12.9. The van der Waals surface area contributed by atoms with Gasteiger partial charge in [0.15, 0.2) is 0 Å². The molecule has 1 fully saturated rings. The summed E-state index contributed by atoms with van der Waals surface area (Å²) in [7, 11) is 1.57. The monoisotopic (exact) mass is 443 g/mol. The number of amides is 3. The Morgan fingerprint density at radius 2 is 1.97 bits per heavy atom. The Morgan fingerprint density at radius 1 is 1.19 bits per heavy atom. The van der Waals surface area contributed by atoms with Gasteiger partial charge in [-0.15, -0.1) is 11.3 Å². The van der Waals surface area contributed by atoms with Crippen molar-refractivity contribution in [1.29, 1.82) is 0 Å². The molecule has 1 aliphatic heterocycles. The van der Waals surface area contributed by atoms with E-state index in [9.17, 15) is 14.4 Å². The number of ether oxygens (including phenoxy) is 1. The zero-order valence-electron chi connectivity index (χ0n) is 17.9. The molecule has 0 aliphatic carbocycles. The lowest BCUT2D eigenvalue weighted by Gasteiger charge is -2.35. The van der Waals surface area contributed by atoms with Crippen LogP contribution in [-0.4, -0.2) is 55.4 Å². The second-order valence-electron chi connectivity index (χ2n) is 7.58. The van der Waals surface area contributed by atoms with Gasteiger partial charge in [-0.3, -0.25) is 14.4 Å². The molecule has 0 spiro atoms. The molecular formula is C23H29N3O4S. The molecule has 31 heavy (non-hydrogen) atoms. The van der Waals surface area contributed by atoms with Crippen molar-refractivity contribution < 1.29 is 19.1 Å². The largest absolute Gasteiger partial charge is 0.497 e. The van der Waals surface area contributed by atoms with Gasteiger partial charge in [-0.2, -0.15) is 0 Å². The Kier molecular flexibility index (Phi) is 8.06. The molecule has 2 heterocycles. The molecule has 1 unspecified atom stereocenters. The Balaban J connectivity index is 1.65. The Bertz CT molecular complexity index is 892. The van der Waals surface area contributed by atoms with Gasteiger partial charge in [0.05, 0.1) is 12.0 Å².